The van der Waals surface area contributed by atoms with E-state index in [2.05, 4.69) is 58.8 Å². The van der Waals surface area contributed by atoms with Crippen LogP contribution in [0.2, 0.25) is 0 Å². The zero-order valence-corrected chi connectivity index (χ0v) is 30.8. The Kier molecular flexibility index (Phi) is 10.7. The fraction of sp³-hybridized carbons (Fsp3) is 0.878. The van der Waals surface area contributed by atoms with Gasteiger partial charge in [0.1, 0.15) is 6.54 Å². The Morgan fingerprint density at radius 3 is 2.21 bits per heavy atom. The molecule has 5 saturated carbocycles. The van der Waals surface area contributed by atoms with Crippen molar-refractivity contribution < 1.29 is 14.7 Å². The Hall–Kier alpha value is -1.87. The van der Waals surface area contributed by atoms with E-state index in [0.29, 0.717) is 41.9 Å². The van der Waals surface area contributed by atoms with Crippen molar-refractivity contribution in [1.29, 1.82) is 5.26 Å². The summed E-state index contributed by atoms with van der Waals surface area (Å²) in [5.41, 5.74) is 1.73. The molecule has 6 nitrogen and oxygen atoms in total. The van der Waals surface area contributed by atoms with Gasteiger partial charge < -0.3 is 15.7 Å². The SMILES string of the molecule is C=C(C)[C@@H]1CC[C@]2(C(=O)NCCCCCCCCC(=O)NCC#N)CC[C@]3(C)[C@H](CC[C@@H]4[C@@]5(C)CC[C@H](O)C(C)(C)[C@@H]5CC[C@]43C)[C@@H]12. The Morgan fingerprint density at radius 1 is 0.809 bits per heavy atom. The molecule has 47 heavy (non-hydrogen) atoms. The molecule has 0 aromatic heterocycles. The molecule has 0 heterocycles. The molecule has 0 unspecified atom stereocenters. The van der Waals surface area contributed by atoms with Crippen molar-refractivity contribution in [1.82, 2.24) is 10.6 Å². The third-order valence-electron chi connectivity index (χ3n) is 16.0. The number of carbonyl (C=O) groups excluding carboxylic acids is 2. The normalized spacial score (nSPS) is 41.7. The quantitative estimate of drug-likeness (QED) is 0.112. The van der Waals surface area contributed by atoms with Crippen LogP contribution in [0.4, 0.5) is 0 Å². The molecule has 6 heteroatoms. The fourth-order valence-corrected chi connectivity index (χ4v) is 13.2. The number of nitriles is 1. The van der Waals surface area contributed by atoms with Gasteiger partial charge in [-0.15, -0.1) is 0 Å². The molecule has 0 aromatic rings. The van der Waals surface area contributed by atoms with Gasteiger partial charge in [0.2, 0.25) is 11.8 Å². The van der Waals surface area contributed by atoms with Gasteiger partial charge in [0.05, 0.1) is 17.6 Å². The van der Waals surface area contributed by atoms with Gasteiger partial charge in [-0.3, -0.25) is 9.59 Å². The maximum atomic E-state index is 14.3. The predicted octanol–water partition coefficient (Wildman–Crippen LogP) is 8.49. The average Bonchev–Trinajstić information content (AvgIpc) is 3.43. The molecule has 5 aliphatic carbocycles. The van der Waals surface area contributed by atoms with Crippen LogP contribution in [0.5, 0.6) is 0 Å². The lowest BCUT2D eigenvalue weighted by Gasteiger charge is -2.72. The minimum absolute atomic E-state index is 0.0283. The van der Waals surface area contributed by atoms with Crippen LogP contribution in [0.3, 0.4) is 0 Å². The molecule has 3 N–H and O–H groups in total. The number of rotatable bonds is 12. The van der Waals surface area contributed by atoms with Gasteiger partial charge in [-0.05, 0) is 135 Å². The highest BCUT2D eigenvalue weighted by molar-refractivity contribution is 5.84. The van der Waals surface area contributed by atoms with Crippen molar-refractivity contribution in [2.45, 2.75) is 157 Å². The van der Waals surface area contributed by atoms with E-state index in [4.69, 9.17) is 5.26 Å². The monoisotopic (exact) mass is 650 g/mol. The molecule has 5 rings (SSSR count). The highest BCUT2D eigenvalue weighted by atomic mass is 16.3. The number of hydrogen-bond donors (Lipinski definition) is 3. The minimum atomic E-state index is -0.263. The van der Waals surface area contributed by atoms with E-state index in [-0.39, 0.29) is 45.6 Å². The number of unbranched alkanes of at least 4 members (excludes halogenated alkanes) is 5. The number of nitrogens with zero attached hydrogens (tertiary/aromatic N) is 1. The second kappa shape index (κ2) is 13.8. The van der Waals surface area contributed by atoms with Crippen LogP contribution in [-0.4, -0.2) is 36.1 Å². The van der Waals surface area contributed by atoms with E-state index in [0.717, 1.165) is 83.6 Å². The summed E-state index contributed by atoms with van der Waals surface area (Å²) in [4.78, 5) is 26.0. The number of amides is 2. The number of carbonyl (C=O) groups is 2. The lowest BCUT2D eigenvalue weighted by atomic mass is 9.32. The summed E-state index contributed by atoms with van der Waals surface area (Å²) in [6.45, 7) is 20.2. The second-order valence-electron chi connectivity index (χ2n) is 18.3. The summed E-state index contributed by atoms with van der Waals surface area (Å²) in [5, 5.41) is 25.7. The molecular formula is C41H67N3O3. The van der Waals surface area contributed by atoms with Crippen molar-refractivity contribution in [3.8, 4) is 6.07 Å². The van der Waals surface area contributed by atoms with Crippen LogP contribution in [0.1, 0.15) is 151 Å². The zero-order chi connectivity index (χ0) is 34.3. The van der Waals surface area contributed by atoms with Crippen LogP contribution in [-0.2, 0) is 9.59 Å². The van der Waals surface area contributed by atoms with Crippen LogP contribution in [0.15, 0.2) is 12.2 Å². The van der Waals surface area contributed by atoms with Gasteiger partial charge in [-0.2, -0.15) is 5.26 Å². The minimum Gasteiger partial charge on any atom is -0.393 e. The number of aliphatic hydroxyl groups excluding tert-OH is 1. The lowest BCUT2D eigenvalue weighted by Crippen LogP contribution is -2.67. The predicted molar refractivity (Wildman–Crippen MR) is 189 cm³/mol. The molecule has 0 aliphatic heterocycles. The first-order chi connectivity index (χ1) is 22.2. The number of hydrogen-bond acceptors (Lipinski definition) is 4. The van der Waals surface area contributed by atoms with Gasteiger partial charge in [0.25, 0.3) is 0 Å². The van der Waals surface area contributed by atoms with Gasteiger partial charge in [0.15, 0.2) is 0 Å². The molecule has 2 amide bonds. The first-order valence-electron chi connectivity index (χ1n) is 19.4. The third-order valence-corrected chi connectivity index (χ3v) is 16.0. The van der Waals surface area contributed by atoms with Crippen LogP contribution < -0.4 is 10.6 Å². The molecular weight excluding hydrogens is 582 g/mol. The van der Waals surface area contributed by atoms with Crippen LogP contribution >= 0.6 is 0 Å². The third kappa shape index (κ3) is 6.12. The number of aliphatic hydroxyl groups is 1. The molecule has 10 atom stereocenters. The molecule has 0 radical (unpaired) electrons. The molecule has 0 aromatic carbocycles. The van der Waals surface area contributed by atoms with Crippen molar-refractivity contribution in [2.24, 2.45) is 56.7 Å². The Bertz CT molecular complexity index is 1220. The highest BCUT2D eigenvalue weighted by Gasteiger charge is 2.71. The Balaban J connectivity index is 1.23. The Morgan fingerprint density at radius 2 is 1.51 bits per heavy atom. The summed E-state index contributed by atoms with van der Waals surface area (Å²) in [5.74, 6) is 2.91. The molecule has 0 spiro atoms. The average molecular weight is 650 g/mol. The molecule has 264 valence electrons. The van der Waals surface area contributed by atoms with E-state index in [1.807, 2.05) is 6.07 Å². The van der Waals surface area contributed by atoms with E-state index in [1.54, 1.807) is 0 Å². The Labute approximate surface area is 286 Å². The number of allylic oxidation sites excluding steroid dienone is 1. The van der Waals surface area contributed by atoms with E-state index < -0.39 is 0 Å². The summed E-state index contributed by atoms with van der Waals surface area (Å²) in [7, 11) is 0. The topological polar surface area (TPSA) is 102 Å². The molecule has 0 saturated heterocycles. The van der Waals surface area contributed by atoms with Gasteiger partial charge >= 0.3 is 0 Å². The van der Waals surface area contributed by atoms with Gasteiger partial charge in [-0.25, -0.2) is 0 Å². The molecule has 0 bridgehead atoms. The first-order valence-corrected chi connectivity index (χ1v) is 19.4. The lowest BCUT2D eigenvalue weighted by molar-refractivity contribution is -0.246. The smallest absolute Gasteiger partial charge is 0.226 e. The summed E-state index contributed by atoms with van der Waals surface area (Å²) in [6.07, 6.45) is 17.8. The van der Waals surface area contributed by atoms with Crippen molar-refractivity contribution in [3.63, 3.8) is 0 Å². The van der Waals surface area contributed by atoms with Crippen molar-refractivity contribution in [2.75, 3.05) is 13.1 Å². The zero-order valence-electron chi connectivity index (χ0n) is 30.8. The van der Waals surface area contributed by atoms with E-state index >= 15 is 0 Å². The number of fused-ring (bicyclic) bond motifs is 7. The molecule has 5 aliphatic rings. The second-order valence-corrected chi connectivity index (χ2v) is 18.3. The standard InChI is InChI=1S/C41H67N3O3/c1-28(2)29-17-22-41(36(47)44-26-13-11-9-8-10-12-14-34(46)43-27-25-42)24-23-39(6)30(35(29)41)15-16-32-38(5)20-19-33(45)37(3,4)31(38)18-21-40(32,39)7/h29-33,35,45H,1,8-24,26-27H2,2-7H3,(H,43,46)(H,44,47)/t29-,30+,31-,32+,33-,35+,38-,39+,40+,41-/m0/s1. The summed E-state index contributed by atoms with van der Waals surface area (Å²) >= 11 is 0. The number of nitrogens with one attached hydrogen (secondary N) is 2. The summed E-state index contributed by atoms with van der Waals surface area (Å²) in [6, 6.07) is 1.94. The van der Waals surface area contributed by atoms with E-state index in [1.165, 1.54) is 31.3 Å². The fourth-order valence-electron chi connectivity index (χ4n) is 13.2. The van der Waals surface area contributed by atoms with Crippen molar-refractivity contribution >= 4 is 11.8 Å². The van der Waals surface area contributed by atoms with Gasteiger partial charge in [0, 0.05) is 13.0 Å². The van der Waals surface area contributed by atoms with Crippen LogP contribution in [0.25, 0.3) is 0 Å². The van der Waals surface area contributed by atoms with Crippen LogP contribution in [0, 0.1) is 68.0 Å². The highest BCUT2D eigenvalue weighted by Crippen LogP contribution is 2.77. The molecule has 5 fully saturated rings. The summed E-state index contributed by atoms with van der Waals surface area (Å²) < 4.78 is 0. The van der Waals surface area contributed by atoms with Crippen molar-refractivity contribution in [3.05, 3.63) is 12.2 Å². The maximum absolute atomic E-state index is 14.3. The largest absolute Gasteiger partial charge is 0.393 e. The first kappa shape index (κ1) is 36.4. The van der Waals surface area contributed by atoms with Gasteiger partial charge in [-0.1, -0.05) is 72.5 Å². The maximum Gasteiger partial charge on any atom is 0.226 e. The van der Waals surface area contributed by atoms with E-state index in [9.17, 15) is 14.7 Å².